The molecule has 0 spiro atoms. The number of amides is 1. The molecule has 0 radical (unpaired) electrons. The molecule has 2 aliphatic heterocycles. The van der Waals surface area contributed by atoms with Crippen LogP contribution in [0.25, 0.3) is 0 Å². The summed E-state index contributed by atoms with van der Waals surface area (Å²) in [6.45, 7) is 9.54. The molecule has 1 aromatic rings. The maximum atomic E-state index is 12.4. The minimum absolute atomic E-state index is 0.220. The van der Waals surface area contributed by atoms with Crippen LogP contribution in [0, 0.1) is 0 Å². The molecular formula is C15H25N5O3. The number of hydrogen-bond donors (Lipinski definition) is 0. The number of carbonyl (C=O) groups is 1. The van der Waals surface area contributed by atoms with Crippen molar-refractivity contribution in [2.75, 3.05) is 59.0 Å². The molecule has 8 heteroatoms. The van der Waals surface area contributed by atoms with Gasteiger partial charge in [0.1, 0.15) is 0 Å². The molecule has 128 valence electrons. The van der Waals surface area contributed by atoms with Gasteiger partial charge >= 0.3 is 0 Å². The molecule has 2 aliphatic rings. The first-order chi connectivity index (χ1) is 11.2. The summed E-state index contributed by atoms with van der Waals surface area (Å²) in [4.78, 5) is 18.7. The maximum absolute atomic E-state index is 12.4. The summed E-state index contributed by atoms with van der Waals surface area (Å²) >= 11 is 0. The number of nitrogens with zero attached hydrogens (tertiary/aromatic N) is 5. The third-order valence-electron chi connectivity index (χ3n) is 4.36. The summed E-state index contributed by atoms with van der Waals surface area (Å²) in [5.74, 6) is 1.56. The number of morpholine rings is 1. The van der Waals surface area contributed by atoms with E-state index in [4.69, 9.17) is 9.15 Å². The van der Waals surface area contributed by atoms with Gasteiger partial charge < -0.3 is 14.1 Å². The average Bonchev–Trinajstić information content (AvgIpc) is 3.04. The molecule has 23 heavy (non-hydrogen) atoms. The van der Waals surface area contributed by atoms with Crippen LogP contribution in [0.5, 0.6) is 0 Å². The Hall–Kier alpha value is -1.51. The van der Waals surface area contributed by atoms with E-state index in [1.807, 2.05) is 11.8 Å². The zero-order chi connectivity index (χ0) is 16.1. The van der Waals surface area contributed by atoms with Crippen molar-refractivity contribution < 1.29 is 13.9 Å². The predicted molar refractivity (Wildman–Crippen MR) is 82.8 cm³/mol. The largest absolute Gasteiger partial charge is 0.424 e. The fraction of sp³-hybridized carbons (Fsp3) is 0.800. The molecule has 0 atom stereocenters. The SMILES string of the molecule is CCc1nnc(CN2CCN(C(=O)CN3CCOCC3)CC2)o1. The van der Waals surface area contributed by atoms with Crippen molar-refractivity contribution in [3.05, 3.63) is 11.8 Å². The van der Waals surface area contributed by atoms with Crippen molar-refractivity contribution in [1.29, 1.82) is 0 Å². The molecular weight excluding hydrogens is 298 g/mol. The summed E-state index contributed by atoms with van der Waals surface area (Å²) in [6, 6.07) is 0. The number of aromatic nitrogens is 2. The monoisotopic (exact) mass is 323 g/mol. The Balaban J connectivity index is 1.41. The second-order valence-corrected chi connectivity index (χ2v) is 5.99. The Labute approximate surface area is 136 Å². The second-order valence-electron chi connectivity index (χ2n) is 5.99. The fourth-order valence-electron chi connectivity index (χ4n) is 2.89. The molecule has 0 bridgehead atoms. The Morgan fingerprint density at radius 2 is 1.70 bits per heavy atom. The minimum Gasteiger partial charge on any atom is -0.424 e. The van der Waals surface area contributed by atoms with Gasteiger partial charge in [0.2, 0.25) is 17.7 Å². The van der Waals surface area contributed by atoms with Crippen molar-refractivity contribution >= 4 is 5.91 Å². The smallest absolute Gasteiger partial charge is 0.236 e. The van der Waals surface area contributed by atoms with Crippen molar-refractivity contribution in [1.82, 2.24) is 24.9 Å². The van der Waals surface area contributed by atoms with Gasteiger partial charge in [-0.25, -0.2) is 0 Å². The normalized spacial score (nSPS) is 20.8. The highest BCUT2D eigenvalue weighted by molar-refractivity contribution is 5.78. The zero-order valence-corrected chi connectivity index (χ0v) is 13.7. The third-order valence-corrected chi connectivity index (χ3v) is 4.36. The van der Waals surface area contributed by atoms with E-state index >= 15 is 0 Å². The molecule has 0 N–H and O–H groups in total. The number of rotatable bonds is 5. The van der Waals surface area contributed by atoms with E-state index in [0.29, 0.717) is 24.9 Å². The Kier molecular flexibility index (Phi) is 5.58. The van der Waals surface area contributed by atoms with Gasteiger partial charge in [0.15, 0.2) is 0 Å². The van der Waals surface area contributed by atoms with Crippen molar-refractivity contribution in [3.63, 3.8) is 0 Å². The molecule has 8 nitrogen and oxygen atoms in total. The molecule has 2 saturated heterocycles. The summed E-state index contributed by atoms with van der Waals surface area (Å²) in [6.07, 6.45) is 0.761. The van der Waals surface area contributed by atoms with Gasteiger partial charge in [-0.15, -0.1) is 10.2 Å². The van der Waals surface area contributed by atoms with Gasteiger partial charge in [-0.1, -0.05) is 6.92 Å². The molecule has 2 fully saturated rings. The first-order valence-corrected chi connectivity index (χ1v) is 8.36. The van der Waals surface area contributed by atoms with Crippen LogP contribution in [-0.4, -0.2) is 89.8 Å². The van der Waals surface area contributed by atoms with Crippen molar-refractivity contribution in [2.24, 2.45) is 0 Å². The first kappa shape index (κ1) is 16.4. The number of carbonyl (C=O) groups excluding carboxylic acids is 1. The van der Waals surface area contributed by atoms with E-state index in [-0.39, 0.29) is 5.91 Å². The van der Waals surface area contributed by atoms with Crippen molar-refractivity contribution in [2.45, 2.75) is 19.9 Å². The highest BCUT2D eigenvalue weighted by Crippen LogP contribution is 2.09. The van der Waals surface area contributed by atoms with Gasteiger partial charge in [-0.05, 0) is 0 Å². The van der Waals surface area contributed by atoms with Gasteiger partial charge in [0.25, 0.3) is 0 Å². The van der Waals surface area contributed by atoms with Crippen LogP contribution in [0.3, 0.4) is 0 Å². The van der Waals surface area contributed by atoms with Gasteiger partial charge in [0.05, 0.1) is 26.3 Å². The van der Waals surface area contributed by atoms with E-state index in [2.05, 4.69) is 20.0 Å². The molecule has 0 unspecified atom stereocenters. The molecule has 3 heterocycles. The number of piperazine rings is 1. The van der Waals surface area contributed by atoms with Crippen LogP contribution >= 0.6 is 0 Å². The van der Waals surface area contributed by atoms with E-state index in [1.165, 1.54) is 0 Å². The topological polar surface area (TPSA) is 74.9 Å². The van der Waals surface area contributed by atoms with Crippen LogP contribution in [0.15, 0.2) is 4.42 Å². The quantitative estimate of drug-likeness (QED) is 0.730. The lowest BCUT2D eigenvalue weighted by atomic mass is 10.3. The molecule has 0 aliphatic carbocycles. The summed E-state index contributed by atoms with van der Waals surface area (Å²) < 4.78 is 10.9. The van der Waals surface area contributed by atoms with Crippen LogP contribution in [0.1, 0.15) is 18.7 Å². The molecule has 1 aromatic heterocycles. The van der Waals surface area contributed by atoms with Crippen molar-refractivity contribution in [3.8, 4) is 0 Å². The summed E-state index contributed by atoms with van der Waals surface area (Å²) in [5, 5.41) is 8.04. The van der Waals surface area contributed by atoms with Crippen LogP contribution in [0.4, 0.5) is 0 Å². The number of hydrogen-bond acceptors (Lipinski definition) is 7. The van der Waals surface area contributed by atoms with E-state index in [9.17, 15) is 4.79 Å². The highest BCUT2D eigenvalue weighted by Gasteiger charge is 2.24. The van der Waals surface area contributed by atoms with Crippen LogP contribution in [0.2, 0.25) is 0 Å². The van der Waals surface area contributed by atoms with Gasteiger partial charge in [-0.3, -0.25) is 14.6 Å². The number of ether oxygens (including phenoxy) is 1. The lowest BCUT2D eigenvalue weighted by molar-refractivity contribution is -0.135. The van der Waals surface area contributed by atoms with Crippen LogP contribution < -0.4 is 0 Å². The third kappa shape index (κ3) is 4.49. The molecule has 0 aromatic carbocycles. The summed E-state index contributed by atoms with van der Waals surface area (Å²) in [7, 11) is 0. The van der Waals surface area contributed by atoms with Gasteiger partial charge in [-0.2, -0.15) is 0 Å². The Morgan fingerprint density at radius 1 is 1.00 bits per heavy atom. The van der Waals surface area contributed by atoms with E-state index < -0.39 is 0 Å². The Morgan fingerprint density at radius 3 is 2.35 bits per heavy atom. The van der Waals surface area contributed by atoms with Crippen LogP contribution in [-0.2, 0) is 22.5 Å². The molecule has 3 rings (SSSR count). The fourth-order valence-corrected chi connectivity index (χ4v) is 2.89. The lowest BCUT2D eigenvalue weighted by Gasteiger charge is -2.35. The molecule has 0 saturated carbocycles. The zero-order valence-electron chi connectivity index (χ0n) is 13.7. The van der Waals surface area contributed by atoms with Gasteiger partial charge in [0, 0.05) is 45.7 Å². The maximum Gasteiger partial charge on any atom is 0.236 e. The molecule has 1 amide bonds. The predicted octanol–water partition coefficient (Wildman–Crippen LogP) is -0.392. The number of aryl methyl sites for hydroxylation is 1. The second kappa shape index (κ2) is 7.85. The highest BCUT2D eigenvalue weighted by atomic mass is 16.5. The van der Waals surface area contributed by atoms with E-state index in [1.54, 1.807) is 0 Å². The first-order valence-electron chi connectivity index (χ1n) is 8.36. The Bertz CT molecular complexity index is 507. The lowest BCUT2D eigenvalue weighted by Crippen LogP contribution is -2.52. The summed E-state index contributed by atoms with van der Waals surface area (Å²) in [5.41, 5.74) is 0. The standard InChI is InChI=1S/C15H25N5O3/c1-2-13-16-17-14(23-13)11-18-3-5-20(6-4-18)15(21)12-19-7-9-22-10-8-19/h2-12H2,1H3. The van der Waals surface area contributed by atoms with E-state index in [0.717, 1.165) is 58.9 Å². The average molecular weight is 323 g/mol. The minimum atomic E-state index is 0.220.